The van der Waals surface area contributed by atoms with Gasteiger partial charge in [0.15, 0.2) is 0 Å². The largest absolute Gasteiger partial charge is 0.466 e. The second-order valence-corrected chi connectivity index (χ2v) is 5.52. The average Bonchev–Trinajstić information content (AvgIpc) is 2.97. The zero-order chi connectivity index (χ0) is 12.5. The number of likely N-dealkylation sites (tertiary alicyclic amines) is 1. The second-order valence-electron chi connectivity index (χ2n) is 5.52. The predicted octanol–water partition coefficient (Wildman–Crippen LogP) is 2.34. The summed E-state index contributed by atoms with van der Waals surface area (Å²) in [4.78, 5) is 2.52. The van der Waals surface area contributed by atoms with Crippen LogP contribution in [0.4, 0.5) is 0 Å². The van der Waals surface area contributed by atoms with E-state index in [1.165, 1.54) is 0 Å². The van der Waals surface area contributed by atoms with E-state index in [-0.39, 0.29) is 30.9 Å². The van der Waals surface area contributed by atoms with Crippen LogP contribution in [-0.4, -0.2) is 43.3 Å². The molecule has 2 atom stereocenters. The summed E-state index contributed by atoms with van der Waals surface area (Å²) < 4.78 is 11.2. The third-order valence-corrected chi connectivity index (χ3v) is 4.23. The Bertz CT molecular complexity index is 408. The molecule has 2 saturated heterocycles. The maximum Gasteiger partial charge on any atom is 0.110 e. The average molecular weight is 323 g/mol. The molecule has 2 N–H and O–H groups in total. The standard InChI is InChI=1S/C14H22N2O2.2ClH/c1-10-2-3-14(18-10)12-8-16(9-13(12)15)11-4-6-17-7-5-11;;/h2-3,11-13H,4-9,15H2,1H3;2*1H/t12-,13-;;/m0../s1. The van der Waals surface area contributed by atoms with Crippen LogP contribution in [0.3, 0.4) is 0 Å². The Morgan fingerprint density at radius 1 is 1.15 bits per heavy atom. The van der Waals surface area contributed by atoms with Crippen molar-refractivity contribution in [3.05, 3.63) is 23.7 Å². The van der Waals surface area contributed by atoms with Crippen LogP contribution in [0.1, 0.15) is 30.3 Å². The van der Waals surface area contributed by atoms with Crippen LogP contribution in [-0.2, 0) is 4.74 Å². The summed E-state index contributed by atoms with van der Waals surface area (Å²) in [7, 11) is 0. The fourth-order valence-electron chi connectivity index (χ4n) is 3.16. The molecule has 0 amide bonds. The number of hydrogen-bond donors (Lipinski definition) is 1. The number of ether oxygens (including phenoxy) is 1. The zero-order valence-corrected chi connectivity index (χ0v) is 13.4. The highest BCUT2D eigenvalue weighted by atomic mass is 35.5. The molecule has 116 valence electrons. The lowest BCUT2D eigenvalue weighted by Gasteiger charge is -2.30. The summed E-state index contributed by atoms with van der Waals surface area (Å²) in [5.74, 6) is 2.37. The van der Waals surface area contributed by atoms with Crippen molar-refractivity contribution in [1.82, 2.24) is 4.90 Å². The van der Waals surface area contributed by atoms with Gasteiger partial charge in [-0.05, 0) is 31.9 Å². The molecule has 4 nitrogen and oxygen atoms in total. The molecule has 0 aromatic carbocycles. The molecule has 0 bridgehead atoms. The van der Waals surface area contributed by atoms with Crippen LogP contribution in [0.15, 0.2) is 16.5 Å². The lowest BCUT2D eigenvalue weighted by atomic mass is 10.0. The normalized spacial score (nSPS) is 27.9. The van der Waals surface area contributed by atoms with E-state index < -0.39 is 0 Å². The molecule has 6 heteroatoms. The lowest BCUT2D eigenvalue weighted by Crippen LogP contribution is -2.39. The summed E-state index contributed by atoms with van der Waals surface area (Å²) >= 11 is 0. The minimum absolute atomic E-state index is 0. The summed E-state index contributed by atoms with van der Waals surface area (Å²) in [5, 5.41) is 0. The number of halogens is 2. The van der Waals surface area contributed by atoms with Gasteiger partial charge < -0.3 is 14.9 Å². The van der Waals surface area contributed by atoms with Gasteiger partial charge in [-0.15, -0.1) is 24.8 Å². The smallest absolute Gasteiger partial charge is 0.110 e. The quantitative estimate of drug-likeness (QED) is 0.908. The van der Waals surface area contributed by atoms with Crippen LogP contribution in [0, 0.1) is 6.92 Å². The van der Waals surface area contributed by atoms with E-state index in [2.05, 4.69) is 11.0 Å². The van der Waals surface area contributed by atoms with E-state index in [0.29, 0.717) is 12.0 Å². The van der Waals surface area contributed by atoms with Crippen molar-refractivity contribution in [2.24, 2.45) is 5.73 Å². The topological polar surface area (TPSA) is 51.6 Å². The molecule has 0 spiro atoms. The van der Waals surface area contributed by atoms with Crippen molar-refractivity contribution in [3.8, 4) is 0 Å². The van der Waals surface area contributed by atoms with Crippen molar-refractivity contribution in [2.45, 2.75) is 37.8 Å². The minimum atomic E-state index is 0. The van der Waals surface area contributed by atoms with E-state index in [0.717, 1.165) is 50.7 Å². The van der Waals surface area contributed by atoms with E-state index in [9.17, 15) is 0 Å². The molecule has 2 aliphatic heterocycles. The summed E-state index contributed by atoms with van der Waals surface area (Å²) in [6.07, 6.45) is 2.27. The molecule has 1 aromatic heterocycles. The van der Waals surface area contributed by atoms with Crippen molar-refractivity contribution in [2.75, 3.05) is 26.3 Å². The van der Waals surface area contributed by atoms with Gasteiger partial charge in [-0.2, -0.15) is 0 Å². The Hall–Kier alpha value is -0.260. The number of nitrogens with two attached hydrogens (primary N) is 1. The first kappa shape index (κ1) is 17.8. The van der Waals surface area contributed by atoms with Crippen LogP contribution in [0.25, 0.3) is 0 Å². The Balaban J connectivity index is 0.000001000. The van der Waals surface area contributed by atoms with Gasteiger partial charge in [-0.25, -0.2) is 0 Å². The minimum Gasteiger partial charge on any atom is -0.466 e. The summed E-state index contributed by atoms with van der Waals surface area (Å²) in [5.41, 5.74) is 6.28. The number of aryl methyl sites for hydroxylation is 1. The molecule has 0 unspecified atom stereocenters. The molecule has 2 aliphatic rings. The molecular formula is C14H24Cl2N2O2. The first-order chi connectivity index (χ1) is 8.74. The van der Waals surface area contributed by atoms with E-state index >= 15 is 0 Å². The molecular weight excluding hydrogens is 299 g/mol. The number of hydrogen-bond acceptors (Lipinski definition) is 4. The first-order valence-corrected chi connectivity index (χ1v) is 6.88. The third kappa shape index (κ3) is 3.68. The maximum atomic E-state index is 6.28. The Morgan fingerprint density at radius 3 is 2.45 bits per heavy atom. The van der Waals surface area contributed by atoms with Crippen LogP contribution < -0.4 is 5.73 Å². The van der Waals surface area contributed by atoms with Gasteiger partial charge >= 0.3 is 0 Å². The molecule has 0 aliphatic carbocycles. The Kier molecular flexibility index (Phi) is 6.82. The molecule has 2 fully saturated rings. The maximum absolute atomic E-state index is 6.28. The first-order valence-electron chi connectivity index (χ1n) is 6.88. The number of furan rings is 1. The third-order valence-electron chi connectivity index (χ3n) is 4.23. The fourth-order valence-corrected chi connectivity index (χ4v) is 3.16. The highest BCUT2D eigenvalue weighted by Gasteiger charge is 2.36. The van der Waals surface area contributed by atoms with E-state index in [1.54, 1.807) is 0 Å². The predicted molar refractivity (Wildman–Crippen MR) is 84.1 cm³/mol. The zero-order valence-electron chi connectivity index (χ0n) is 11.8. The van der Waals surface area contributed by atoms with Crippen molar-refractivity contribution >= 4 is 24.8 Å². The highest BCUT2D eigenvalue weighted by Crippen LogP contribution is 2.30. The Labute approximate surface area is 132 Å². The molecule has 0 saturated carbocycles. The van der Waals surface area contributed by atoms with Crippen LogP contribution >= 0.6 is 24.8 Å². The lowest BCUT2D eigenvalue weighted by molar-refractivity contribution is 0.0415. The van der Waals surface area contributed by atoms with Gasteiger partial charge in [0, 0.05) is 44.3 Å². The van der Waals surface area contributed by atoms with E-state index in [1.807, 2.05) is 13.0 Å². The van der Waals surface area contributed by atoms with Crippen LogP contribution in [0.2, 0.25) is 0 Å². The second kappa shape index (κ2) is 7.66. The van der Waals surface area contributed by atoms with Crippen molar-refractivity contribution in [1.29, 1.82) is 0 Å². The highest BCUT2D eigenvalue weighted by molar-refractivity contribution is 5.85. The molecule has 3 rings (SSSR count). The van der Waals surface area contributed by atoms with Gasteiger partial charge in [0.05, 0.1) is 0 Å². The van der Waals surface area contributed by atoms with Gasteiger partial charge in [-0.1, -0.05) is 0 Å². The molecule has 20 heavy (non-hydrogen) atoms. The number of rotatable bonds is 2. The van der Waals surface area contributed by atoms with Gasteiger partial charge in [0.25, 0.3) is 0 Å². The van der Waals surface area contributed by atoms with Crippen molar-refractivity contribution in [3.63, 3.8) is 0 Å². The van der Waals surface area contributed by atoms with Gasteiger partial charge in [0.1, 0.15) is 11.5 Å². The summed E-state index contributed by atoms with van der Waals surface area (Å²) in [6, 6.07) is 4.94. The number of nitrogens with zero attached hydrogens (tertiary/aromatic N) is 1. The molecule has 1 aromatic rings. The van der Waals surface area contributed by atoms with Gasteiger partial charge in [0.2, 0.25) is 0 Å². The molecule has 0 radical (unpaired) electrons. The summed E-state index contributed by atoms with van der Waals surface area (Å²) in [6.45, 7) is 5.77. The van der Waals surface area contributed by atoms with E-state index in [4.69, 9.17) is 14.9 Å². The monoisotopic (exact) mass is 322 g/mol. The molecule has 3 heterocycles. The SMILES string of the molecule is Cc1ccc([C@H]2CN(C3CCOCC3)C[C@@H]2N)o1.Cl.Cl. The van der Waals surface area contributed by atoms with Crippen LogP contribution in [0.5, 0.6) is 0 Å². The fraction of sp³-hybridized carbons (Fsp3) is 0.714. The Morgan fingerprint density at radius 2 is 1.85 bits per heavy atom. The van der Waals surface area contributed by atoms with Crippen molar-refractivity contribution < 1.29 is 9.15 Å². The van der Waals surface area contributed by atoms with Gasteiger partial charge in [-0.3, -0.25) is 4.90 Å².